The maximum atomic E-state index is 11.7. The fourth-order valence-electron chi connectivity index (χ4n) is 1.59. The van der Waals surface area contributed by atoms with Crippen molar-refractivity contribution in [3.63, 3.8) is 0 Å². The van der Waals surface area contributed by atoms with Gasteiger partial charge in [0, 0.05) is 11.0 Å². The van der Waals surface area contributed by atoms with Crippen molar-refractivity contribution in [3.05, 3.63) is 28.5 Å². The van der Waals surface area contributed by atoms with Gasteiger partial charge < -0.3 is 10.1 Å². The molecular weight excluding hydrogens is 262 g/mol. The normalized spacial score (nSPS) is 12.6. The van der Waals surface area contributed by atoms with Crippen LogP contribution in [0.2, 0.25) is 0 Å². The standard InChI is InChI=1S/C14H19NO3S/c1-10(2)9-12(14(17)18-3)15-13(16)7-6-11-5-4-8-19-11/h4-8,10,12H,9H2,1-3H3,(H,15,16)/t12-/m1/s1. The Balaban J connectivity index is 2.58. The Morgan fingerprint density at radius 3 is 2.74 bits per heavy atom. The molecule has 0 saturated carbocycles. The first-order chi connectivity index (χ1) is 9.02. The second-order valence-electron chi connectivity index (χ2n) is 4.56. The monoisotopic (exact) mass is 281 g/mol. The van der Waals surface area contributed by atoms with Crippen LogP contribution in [0.1, 0.15) is 25.1 Å². The molecule has 0 radical (unpaired) electrons. The molecule has 0 saturated heterocycles. The van der Waals surface area contributed by atoms with E-state index in [-0.39, 0.29) is 5.91 Å². The van der Waals surface area contributed by atoms with E-state index in [1.165, 1.54) is 13.2 Å². The molecule has 0 aliphatic carbocycles. The van der Waals surface area contributed by atoms with Crippen molar-refractivity contribution in [2.45, 2.75) is 26.3 Å². The van der Waals surface area contributed by atoms with Gasteiger partial charge in [-0.1, -0.05) is 19.9 Å². The van der Waals surface area contributed by atoms with Crippen molar-refractivity contribution in [1.82, 2.24) is 5.32 Å². The molecule has 1 N–H and O–H groups in total. The summed E-state index contributed by atoms with van der Waals surface area (Å²) in [6.45, 7) is 3.98. The molecule has 1 aromatic heterocycles. The van der Waals surface area contributed by atoms with Gasteiger partial charge in [0.05, 0.1) is 7.11 Å². The Bertz CT molecular complexity index is 438. The Morgan fingerprint density at radius 1 is 1.47 bits per heavy atom. The van der Waals surface area contributed by atoms with E-state index in [9.17, 15) is 9.59 Å². The van der Waals surface area contributed by atoms with Crippen LogP contribution in [0.25, 0.3) is 6.08 Å². The smallest absolute Gasteiger partial charge is 0.328 e. The molecule has 0 aromatic carbocycles. The van der Waals surface area contributed by atoms with Crippen LogP contribution in [0.4, 0.5) is 0 Å². The first-order valence-electron chi connectivity index (χ1n) is 6.13. The van der Waals surface area contributed by atoms with E-state index in [4.69, 9.17) is 0 Å². The third kappa shape index (κ3) is 5.70. The number of ether oxygens (including phenoxy) is 1. The van der Waals surface area contributed by atoms with Crippen molar-refractivity contribution < 1.29 is 14.3 Å². The summed E-state index contributed by atoms with van der Waals surface area (Å²) in [5, 5.41) is 4.60. The summed E-state index contributed by atoms with van der Waals surface area (Å²) in [6, 6.07) is 3.24. The van der Waals surface area contributed by atoms with E-state index in [0.29, 0.717) is 12.3 Å². The molecule has 0 aliphatic rings. The zero-order chi connectivity index (χ0) is 14.3. The van der Waals surface area contributed by atoms with E-state index >= 15 is 0 Å². The van der Waals surface area contributed by atoms with Crippen LogP contribution >= 0.6 is 11.3 Å². The minimum absolute atomic E-state index is 0.288. The average Bonchev–Trinajstić information content (AvgIpc) is 2.87. The molecule has 4 nitrogen and oxygen atoms in total. The predicted octanol–water partition coefficient (Wildman–Crippen LogP) is 2.47. The first-order valence-corrected chi connectivity index (χ1v) is 7.00. The molecule has 104 valence electrons. The van der Waals surface area contributed by atoms with Crippen molar-refractivity contribution in [3.8, 4) is 0 Å². The maximum absolute atomic E-state index is 11.7. The number of methoxy groups -OCH3 is 1. The van der Waals surface area contributed by atoms with Crippen LogP contribution in [0.3, 0.4) is 0 Å². The lowest BCUT2D eigenvalue weighted by Crippen LogP contribution is -2.41. The third-order valence-corrected chi connectivity index (χ3v) is 3.29. The number of carbonyl (C=O) groups excluding carboxylic acids is 2. The molecule has 0 aliphatic heterocycles. The highest BCUT2D eigenvalue weighted by Gasteiger charge is 2.21. The lowest BCUT2D eigenvalue weighted by Gasteiger charge is -2.17. The molecular formula is C14H19NO3S. The number of rotatable bonds is 6. The van der Waals surface area contributed by atoms with Gasteiger partial charge in [-0.2, -0.15) is 0 Å². The lowest BCUT2D eigenvalue weighted by molar-refractivity contribution is -0.145. The Hall–Kier alpha value is -1.62. The highest BCUT2D eigenvalue weighted by atomic mass is 32.1. The zero-order valence-electron chi connectivity index (χ0n) is 11.4. The van der Waals surface area contributed by atoms with E-state index in [0.717, 1.165) is 4.88 Å². The van der Waals surface area contributed by atoms with Gasteiger partial charge in [-0.3, -0.25) is 4.79 Å². The summed E-state index contributed by atoms with van der Waals surface area (Å²) in [6.07, 6.45) is 3.72. The van der Waals surface area contributed by atoms with Crippen LogP contribution in [0.5, 0.6) is 0 Å². The Labute approximate surface area is 117 Å². The summed E-state index contributed by atoms with van der Waals surface area (Å²) in [7, 11) is 1.32. The molecule has 1 aromatic rings. The molecule has 0 unspecified atom stereocenters. The van der Waals surface area contributed by atoms with Gasteiger partial charge in [0.15, 0.2) is 0 Å². The summed E-state index contributed by atoms with van der Waals surface area (Å²) in [4.78, 5) is 24.3. The molecule has 19 heavy (non-hydrogen) atoms. The van der Waals surface area contributed by atoms with Crippen molar-refractivity contribution in [2.24, 2.45) is 5.92 Å². The van der Waals surface area contributed by atoms with Crippen LogP contribution in [-0.4, -0.2) is 25.0 Å². The predicted molar refractivity (Wildman–Crippen MR) is 76.8 cm³/mol. The highest BCUT2D eigenvalue weighted by Crippen LogP contribution is 2.10. The van der Waals surface area contributed by atoms with Gasteiger partial charge in [-0.15, -0.1) is 11.3 Å². The largest absolute Gasteiger partial charge is 0.467 e. The quantitative estimate of drug-likeness (QED) is 0.644. The van der Waals surface area contributed by atoms with Gasteiger partial charge in [0.25, 0.3) is 0 Å². The van der Waals surface area contributed by atoms with Gasteiger partial charge in [-0.05, 0) is 29.9 Å². The van der Waals surface area contributed by atoms with Crippen LogP contribution in [0.15, 0.2) is 23.6 Å². The molecule has 1 amide bonds. The molecule has 1 atom stereocenters. The summed E-state index contributed by atoms with van der Waals surface area (Å²) in [5.74, 6) is -0.401. The SMILES string of the molecule is COC(=O)[C@@H](CC(C)C)NC(=O)C=Cc1cccs1. The zero-order valence-corrected chi connectivity index (χ0v) is 12.2. The number of hydrogen-bond donors (Lipinski definition) is 1. The van der Waals surface area contributed by atoms with Crippen molar-refractivity contribution >= 4 is 29.3 Å². The average molecular weight is 281 g/mol. The number of amides is 1. The molecule has 5 heteroatoms. The van der Waals surface area contributed by atoms with Gasteiger partial charge in [-0.25, -0.2) is 4.79 Å². The minimum Gasteiger partial charge on any atom is -0.467 e. The maximum Gasteiger partial charge on any atom is 0.328 e. The third-order valence-electron chi connectivity index (χ3n) is 2.45. The Morgan fingerprint density at radius 2 is 2.21 bits per heavy atom. The van der Waals surface area contributed by atoms with Crippen molar-refractivity contribution in [2.75, 3.05) is 7.11 Å². The van der Waals surface area contributed by atoms with Crippen LogP contribution in [0, 0.1) is 5.92 Å². The second kappa shape index (κ2) is 7.74. The molecule has 1 heterocycles. The number of thiophene rings is 1. The first kappa shape index (κ1) is 15.4. The van der Waals surface area contributed by atoms with Gasteiger partial charge in [0.2, 0.25) is 5.91 Å². The van der Waals surface area contributed by atoms with E-state index in [1.807, 2.05) is 31.4 Å². The van der Waals surface area contributed by atoms with Crippen molar-refractivity contribution in [1.29, 1.82) is 0 Å². The minimum atomic E-state index is -0.592. The number of hydrogen-bond acceptors (Lipinski definition) is 4. The van der Waals surface area contributed by atoms with E-state index in [2.05, 4.69) is 10.1 Å². The van der Waals surface area contributed by atoms with Crippen LogP contribution in [-0.2, 0) is 14.3 Å². The lowest BCUT2D eigenvalue weighted by atomic mass is 10.0. The summed E-state index contributed by atoms with van der Waals surface area (Å²) >= 11 is 1.55. The van der Waals surface area contributed by atoms with E-state index in [1.54, 1.807) is 17.4 Å². The second-order valence-corrected chi connectivity index (χ2v) is 5.54. The van der Waals surface area contributed by atoms with Gasteiger partial charge >= 0.3 is 5.97 Å². The fraction of sp³-hybridized carbons (Fsp3) is 0.429. The highest BCUT2D eigenvalue weighted by molar-refractivity contribution is 7.10. The van der Waals surface area contributed by atoms with Gasteiger partial charge in [0.1, 0.15) is 6.04 Å². The number of carbonyl (C=O) groups is 2. The summed E-state index contributed by atoms with van der Waals surface area (Å²) in [5.41, 5.74) is 0. The van der Waals surface area contributed by atoms with Crippen LogP contribution < -0.4 is 5.32 Å². The number of esters is 1. The topological polar surface area (TPSA) is 55.4 Å². The molecule has 0 fully saturated rings. The molecule has 1 rings (SSSR count). The fourth-order valence-corrected chi connectivity index (χ4v) is 2.21. The number of nitrogens with one attached hydrogen (secondary N) is 1. The Kier molecular flexibility index (Phi) is 6.29. The molecule has 0 bridgehead atoms. The summed E-state index contributed by atoms with van der Waals surface area (Å²) < 4.78 is 4.69. The molecule has 0 spiro atoms. The van der Waals surface area contributed by atoms with E-state index < -0.39 is 12.0 Å².